The molecule has 0 aliphatic heterocycles. The number of fused-ring (bicyclic) bond motifs is 2. The topological polar surface area (TPSA) is 210 Å². The number of non-ortho nitro benzene ring substituents is 2. The summed E-state index contributed by atoms with van der Waals surface area (Å²) in [5.74, 6) is 0.675. The lowest BCUT2D eigenvalue weighted by Crippen LogP contribution is -2.41. The van der Waals surface area contributed by atoms with Crippen molar-refractivity contribution in [3.8, 4) is 34.0 Å². The van der Waals surface area contributed by atoms with Gasteiger partial charge < -0.3 is 36.2 Å². The van der Waals surface area contributed by atoms with Crippen LogP contribution in [0.25, 0.3) is 46.0 Å². The van der Waals surface area contributed by atoms with Gasteiger partial charge in [0.2, 0.25) is 0 Å². The van der Waals surface area contributed by atoms with E-state index in [2.05, 4.69) is 105 Å². The van der Waals surface area contributed by atoms with Gasteiger partial charge in [-0.3, -0.25) is 29.6 Å². The van der Waals surface area contributed by atoms with Gasteiger partial charge in [-0.25, -0.2) is 9.97 Å². The van der Waals surface area contributed by atoms with E-state index >= 15 is 0 Å². The first-order valence-corrected chi connectivity index (χ1v) is 35.8. The smallest absolute Gasteiger partial charge is 0.335 e. The van der Waals surface area contributed by atoms with Crippen molar-refractivity contribution in [3.05, 3.63) is 188 Å². The van der Waals surface area contributed by atoms with Crippen molar-refractivity contribution < 1.29 is 46.6 Å². The number of imidazole rings is 2. The highest BCUT2D eigenvalue weighted by Crippen LogP contribution is 2.51. The molecule has 0 aliphatic carbocycles. The van der Waals surface area contributed by atoms with E-state index in [1.807, 2.05) is 114 Å². The van der Waals surface area contributed by atoms with Crippen LogP contribution in [0, 0.1) is 34.1 Å². The first kappa shape index (κ1) is 66.7. The van der Waals surface area contributed by atoms with E-state index in [1.54, 1.807) is 6.07 Å². The van der Waals surface area contributed by atoms with Gasteiger partial charge >= 0.3 is 7.60 Å². The first-order chi connectivity index (χ1) is 40.0. The third-order valence-corrected chi connectivity index (χ3v) is 26.0. The first-order valence-electron chi connectivity index (χ1n) is 28.3. The fourth-order valence-corrected chi connectivity index (χ4v) is 11.8. The van der Waals surface area contributed by atoms with Crippen molar-refractivity contribution in [2.75, 3.05) is 39.6 Å². The van der Waals surface area contributed by atoms with E-state index in [0.717, 1.165) is 50.5 Å². The van der Waals surface area contributed by atoms with Gasteiger partial charge in [0.05, 0.1) is 71.5 Å². The Morgan fingerprint density at radius 1 is 0.565 bits per heavy atom. The summed E-state index contributed by atoms with van der Waals surface area (Å²) in [6, 6.07) is 32.8. The maximum absolute atomic E-state index is 12.6. The summed E-state index contributed by atoms with van der Waals surface area (Å²) in [6.45, 7) is 31.5. The van der Waals surface area contributed by atoms with Crippen LogP contribution in [0.1, 0.15) is 93.6 Å². The minimum Gasteiger partial charge on any atom is -0.490 e. The van der Waals surface area contributed by atoms with Crippen LogP contribution in [-0.4, -0.2) is 91.2 Å². The van der Waals surface area contributed by atoms with E-state index in [1.165, 1.54) is 41.5 Å². The van der Waals surface area contributed by atoms with E-state index in [-0.39, 0.29) is 45.5 Å². The predicted molar refractivity (Wildman–Crippen MR) is 343 cm³/mol. The zero-order valence-corrected chi connectivity index (χ0v) is 54.3. The van der Waals surface area contributed by atoms with Gasteiger partial charge in [-0.2, -0.15) is 0 Å². The number of pyridine rings is 2. The molecule has 452 valence electrons. The van der Waals surface area contributed by atoms with Crippen molar-refractivity contribution in [2.24, 2.45) is 0 Å². The predicted octanol–water partition coefficient (Wildman–Crippen LogP) is 16.7. The molecule has 0 saturated heterocycles. The van der Waals surface area contributed by atoms with Gasteiger partial charge in [0.25, 0.3) is 11.4 Å². The molecule has 4 aromatic heterocycles. The van der Waals surface area contributed by atoms with Crippen LogP contribution in [0.3, 0.4) is 0 Å². The third kappa shape index (κ3) is 18.8. The van der Waals surface area contributed by atoms with Crippen LogP contribution >= 0.6 is 7.60 Å². The number of nitro benzene ring substituents is 2. The van der Waals surface area contributed by atoms with Crippen LogP contribution < -0.4 is 9.47 Å². The lowest BCUT2D eigenvalue weighted by atomic mass is 10.1. The van der Waals surface area contributed by atoms with Gasteiger partial charge in [-0.15, -0.1) is 0 Å². The summed E-state index contributed by atoms with van der Waals surface area (Å²) < 4.78 is 51.0. The molecule has 8 rings (SSSR count). The summed E-state index contributed by atoms with van der Waals surface area (Å²) in [5.41, 5.74) is 10.9. The minimum atomic E-state index is -3.08. The molecular formula is C64H81N6O12PSi2. The highest BCUT2D eigenvalue weighted by molar-refractivity contribution is 7.53. The molecule has 0 spiro atoms. The zero-order valence-electron chi connectivity index (χ0n) is 51.4. The quantitative estimate of drug-likeness (QED) is 0.0111. The van der Waals surface area contributed by atoms with Gasteiger partial charge in [0.1, 0.15) is 36.0 Å². The molecule has 18 nitrogen and oxygen atoms in total. The minimum absolute atomic E-state index is 0.00512. The Hall–Kier alpha value is -7.43. The summed E-state index contributed by atoms with van der Waals surface area (Å²) in [7, 11) is -6.82. The average molecular weight is 1210 g/mol. The molecule has 0 saturated carbocycles. The number of nitro groups is 2. The molecule has 0 N–H and O–H groups in total. The molecule has 8 aromatic rings. The van der Waals surface area contributed by atoms with Crippen molar-refractivity contribution in [1.82, 2.24) is 18.8 Å². The molecule has 0 unspecified atom stereocenters. The Balaban J connectivity index is 0.000000215. The van der Waals surface area contributed by atoms with Gasteiger partial charge in [0.15, 0.2) is 22.9 Å². The van der Waals surface area contributed by atoms with Gasteiger partial charge in [-0.05, 0) is 110 Å². The van der Waals surface area contributed by atoms with Crippen molar-refractivity contribution in [2.45, 2.75) is 112 Å². The molecule has 0 fully saturated rings. The normalized spacial score (nSPS) is 12.2. The molecule has 0 aliphatic rings. The molecule has 85 heavy (non-hydrogen) atoms. The Bertz CT molecular complexity index is 3630. The number of ether oxygens (including phenoxy) is 2. The summed E-state index contributed by atoms with van der Waals surface area (Å²) >= 11 is 0. The number of rotatable bonds is 23. The second kappa shape index (κ2) is 29.1. The van der Waals surface area contributed by atoms with Crippen LogP contribution in [-0.2, 0) is 28.6 Å². The fourth-order valence-electron chi connectivity index (χ4n) is 8.05. The van der Waals surface area contributed by atoms with Gasteiger partial charge in [-0.1, -0.05) is 114 Å². The number of benzene rings is 4. The maximum Gasteiger partial charge on any atom is 0.335 e. The number of nitrogens with zero attached hydrogens (tertiary/aromatic N) is 6. The Labute approximate surface area is 501 Å². The van der Waals surface area contributed by atoms with Crippen LogP contribution in [0.4, 0.5) is 11.4 Å². The molecule has 4 aromatic carbocycles. The summed E-state index contributed by atoms with van der Waals surface area (Å²) in [4.78, 5) is 41.5. The average Bonchev–Trinajstić information content (AvgIpc) is 3.48. The second-order valence-corrected chi connectivity index (χ2v) is 35.1. The fraction of sp³-hybridized carbons (Fsp3) is 0.359. The molecule has 0 amide bonds. The highest BCUT2D eigenvalue weighted by Gasteiger charge is 2.38. The van der Waals surface area contributed by atoms with Crippen LogP contribution in [0.2, 0.25) is 36.3 Å². The molecule has 4 heterocycles. The van der Waals surface area contributed by atoms with Crippen molar-refractivity contribution >= 4 is 65.3 Å². The number of aromatic nitrogens is 4. The van der Waals surface area contributed by atoms with Crippen molar-refractivity contribution in [3.63, 3.8) is 0 Å². The monoisotopic (exact) mass is 1210 g/mol. The second-order valence-electron chi connectivity index (χ2n) is 23.4. The lowest BCUT2D eigenvalue weighted by molar-refractivity contribution is -0.385. The highest BCUT2D eigenvalue weighted by atomic mass is 31.2. The number of carbonyl (C=O) groups excluding carboxylic acids is 1. The zero-order chi connectivity index (χ0) is 62.3. The Kier molecular flexibility index (Phi) is 22.8. The molecule has 0 radical (unpaired) electrons. The van der Waals surface area contributed by atoms with E-state index in [0.29, 0.717) is 45.1 Å². The number of aldehydes is 1. The Morgan fingerprint density at radius 3 is 1.40 bits per heavy atom. The summed E-state index contributed by atoms with van der Waals surface area (Å²) in [6.07, 6.45) is 12.9. The van der Waals surface area contributed by atoms with Gasteiger partial charge in [0, 0.05) is 53.6 Å². The van der Waals surface area contributed by atoms with Crippen molar-refractivity contribution in [1.29, 1.82) is 0 Å². The SMILES string of the molecule is CC(C)(C)[Si](C)(C)OCCOc1cc([N+](=O)[O-])ccc1C=O.CCOP(=O)(Cc1ccc(-c2cn3cc(C)ccc3n2)cc1)OCC.Cc1ccc2nc(-c3ccc(/C=C/c4ccc([N+](=O)[O-])cc4OCCO[Si](C)(C)C(C)(C)C)cc3)cn2c1. The maximum atomic E-state index is 12.6. The van der Waals surface area contributed by atoms with E-state index in [9.17, 15) is 29.6 Å². The van der Waals surface area contributed by atoms with Crippen LogP contribution in [0.5, 0.6) is 11.5 Å². The number of hydrogen-bond donors (Lipinski definition) is 0. The third-order valence-electron chi connectivity index (χ3n) is 14.9. The number of hydrogen-bond acceptors (Lipinski definition) is 14. The summed E-state index contributed by atoms with van der Waals surface area (Å²) in [5, 5.41) is 22.3. The lowest BCUT2D eigenvalue weighted by Gasteiger charge is -2.36. The number of carbonyl (C=O) groups is 1. The molecule has 21 heteroatoms. The molecule has 0 atom stereocenters. The van der Waals surface area contributed by atoms with E-state index in [4.69, 9.17) is 32.4 Å². The number of aryl methyl sites for hydroxylation is 2. The molecule has 0 bridgehead atoms. The largest absolute Gasteiger partial charge is 0.490 e. The standard InChI is InChI=1S/C30H35N3O4Si.C19H23N2O3P.C15H23NO5Si/c1-22-7-16-29-31-27(21-32(29)20-22)24-11-8-23(9-12-24)10-13-25-14-15-26(33(34)35)19-28(25)36-17-18-37-38(5,6)30(2,3)4;1-4-23-25(22,24-5-2)14-16-7-9-17(10-8-16)18-13-21-12-15(3)6-11-19(21)20-18;1-15(2,3)22(4,5)21-9-8-20-14-10-13(16(18)19)7-6-12(14)11-17/h7-16,19-21H,17-18H2,1-6H3;6-13H,4-5,14H2,1-3H3;6-7,10-11H,8-9H2,1-5H3/b13-10+;;. The van der Waals surface area contributed by atoms with Crippen LogP contribution in [0.15, 0.2) is 134 Å². The van der Waals surface area contributed by atoms with E-state index < -0.39 is 34.1 Å². The molecular weight excluding hydrogens is 1130 g/mol. The Morgan fingerprint density at radius 2 is 0.988 bits per heavy atom.